The quantitative estimate of drug-likeness (QED) is 0.522. The second kappa shape index (κ2) is 3.74. The molecule has 0 aliphatic heterocycles. The van der Waals surface area contributed by atoms with Gasteiger partial charge in [0, 0.05) is 4.91 Å². The molecule has 0 nitrogen and oxygen atoms in total. The van der Waals surface area contributed by atoms with E-state index in [1.165, 1.54) is 10.8 Å². The Kier molecular flexibility index (Phi) is 2.90. The van der Waals surface area contributed by atoms with Gasteiger partial charge in [-0.05, 0) is 5.56 Å². The average Bonchev–Trinajstić information content (AvgIpc) is 2.05. The third kappa shape index (κ3) is 1.82. The molecule has 0 unspecified atom stereocenters. The first-order valence-corrected chi connectivity index (χ1v) is 4.77. The van der Waals surface area contributed by atoms with Crippen LogP contribution < -0.4 is 0 Å². The largest absolute Gasteiger partial charge is 0.106 e. The summed E-state index contributed by atoms with van der Waals surface area (Å²) in [5.41, 5.74) is 1.14. The van der Waals surface area contributed by atoms with Crippen LogP contribution in [0.15, 0.2) is 36.9 Å². The highest BCUT2D eigenvalue weighted by Crippen LogP contribution is 2.27. The van der Waals surface area contributed by atoms with Crippen LogP contribution in [0.25, 0.3) is 4.91 Å². The zero-order chi connectivity index (χ0) is 7.40. The minimum absolute atomic E-state index is 0.990. The molecule has 0 aliphatic rings. The maximum absolute atomic E-state index is 4.04. The fraction of sp³-hybridized carbons (Fsp3) is 0. The number of thiol groups is 1. The highest BCUT2D eigenvalue weighted by Gasteiger charge is 1.92. The van der Waals surface area contributed by atoms with Gasteiger partial charge in [0.05, 0.1) is 0 Å². The summed E-state index contributed by atoms with van der Waals surface area (Å²) >= 11 is 4.04. The lowest BCUT2D eigenvalue weighted by atomic mass is 10.2. The van der Waals surface area contributed by atoms with Crippen molar-refractivity contribution in [2.75, 3.05) is 0 Å². The third-order valence-electron chi connectivity index (χ3n) is 1.21. The number of hydrogen-bond acceptors (Lipinski definition) is 2. The van der Waals surface area contributed by atoms with Crippen LogP contribution in [0.2, 0.25) is 0 Å². The summed E-state index contributed by atoms with van der Waals surface area (Å²) in [4.78, 5) is 0.990. The van der Waals surface area contributed by atoms with Crippen molar-refractivity contribution in [3.8, 4) is 0 Å². The molecule has 0 aromatic heterocycles. The predicted octanol–water partition coefficient (Wildman–Crippen LogP) is 3.24. The molecule has 0 atom stereocenters. The number of hydrogen-bond donors (Lipinski definition) is 1. The fourth-order valence-electron chi connectivity index (χ4n) is 0.677. The van der Waals surface area contributed by atoms with E-state index in [2.05, 4.69) is 18.2 Å². The van der Waals surface area contributed by atoms with Crippen molar-refractivity contribution in [2.45, 2.75) is 0 Å². The minimum Gasteiger partial charge on any atom is -0.106 e. The van der Waals surface area contributed by atoms with Crippen LogP contribution in [0, 0.1) is 0 Å². The Morgan fingerprint density at radius 1 is 1.30 bits per heavy atom. The van der Waals surface area contributed by atoms with E-state index in [4.69, 9.17) is 0 Å². The van der Waals surface area contributed by atoms with E-state index in [9.17, 15) is 0 Å². The Balaban J connectivity index is 2.85. The van der Waals surface area contributed by atoms with E-state index in [1.807, 2.05) is 30.3 Å². The standard InChI is InChI=1S/C8H8S2/c1-7(10-9)8-5-3-2-4-6-8/h2-6,9H,1H2. The molecule has 0 bridgehead atoms. The van der Waals surface area contributed by atoms with Crippen molar-refractivity contribution in [1.82, 2.24) is 0 Å². The normalized spacial score (nSPS) is 9.30. The first-order chi connectivity index (χ1) is 4.84. The summed E-state index contributed by atoms with van der Waals surface area (Å²) in [6, 6.07) is 10.0. The topological polar surface area (TPSA) is 0 Å². The van der Waals surface area contributed by atoms with Crippen molar-refractivity contribution in [1.29, 1.82) is 0 Å². The molecule has 0 N–H and O–H groups in total. The molecule has 0 fully saturated rings. The monoisotopic (exact) mass is 168 g/mol. The Morgan fingerprint density at radius 3 is 2.40 bits per heavy atom. The maximum Gasteiger partial charge on any atom is 0.0180 e. The maximum atomic E-state index is 4.04. The van der Waals surface area contributed by atoms with Crippen molar-refractivity contribution in [2.24, 2.45) is 0 Å². The van der Waals surface area contributed by atoms with Crippen molar-refractivity contribution in [3.05, 3.63) is 42.5 Å². The molecule has 52 valence electrons. The van der Waals surface area contributed by atoms with Crippen LogP contribution in [0.4, 0.5) is 0 Å². The van der Waals surface area contributed by atoms with Gasteiger partial charge in [-0.15, -0.1) is 11.7 Å². The van der Waals surface area contributed by atoms with Gasteiger partial charge in [0.15, 0.2) is 0 Å². The fourth-order valence-corrected chi connectivity index (χ4v) is 1.23. The lowest BCUT2D eigenvalue weighted by molar-refractivity contribution is 1.66. The molecular formula is C8H8S2. The predicted molar refractivity (Wildman–Crippen MR) is 52.1 cm³/mol. The van der Waals surface area contributed by atoms with Gasteiger partial charge in [0.1, 0.15) is 0 Å². The van der Waals surface area contributed by atoms with Gasteiger partial charge in [0.2, 0.25) is 0 Å². The first-order valence-electron chi connectivity index (χ1n) is 2.90. The Hall–Kier alpha value is -0.340. The Labute approximate surface area is 70.1 Å². The van der Waals surface area contributed by atoms with E-state index >= 15 is 0 Å². The summed E-state index contributed by atoms with van der Waals surface area (Å²) in [6.07, 6.45) is 0. The molecule has 1 aromatic rings. The molecule has 2 heteroatoms. The highest BCUT2D eigenvalue weighted by molar-refractivity contribution is 8.72. The van der Waals surface area contributed by atoms with E-state index in [-0.39, 0.29) is 0 Å². The highest BCUT2D eigenvalue weighted by atomic mass is 33.1. The molecule has 0 heterocycles. The van der Waals surface area contributed by atoms with E-state index in [1.54, 1.807) is 0 Å². The van der Waals surface area contributed by atoms with Gasteiger partial charge in [-0.2, -0.15) is 0 Å². The molecule has 10 heavy (non-hydrogen) atoms. The second-order valence-electron chi connectivity index (χ2n) is 1.88. The van der Waals surface area contributed by atoms with Crippen LogP contribution in [0.5, 0.6) is 0 Å². The summed E-state index contributed by atoms with van der Waals surface area (Å²) < 4.78 is 0. The lowest BCUT2D eigenvalue weighted by Gasteiger charge is -1.97. The molecular weight excluding hydrogens is 160 g/mol. The van der Waals surface area contributed by atoms with Gasteiger partial charge in [-0.1, -0.05) is 47.7 Å². The minimum atomic E-state index is 0.990. The molecule has 0 radical (unpaired) electrons. The van der Waals surface area contributed by atoms with Gasteiger partial charge < -0.3 is 0 Å². The third-order valence-corrected chi connectivity index (χ3v) is 2.32. The average molecular weight is 168 g/mol. The van der Waals surface area contributed by atoms with Crippen LogP contribution in [-0.4, -0.2) is 0 Å². The summed E-state index contributed by atoms with van der Waals surface area (Å²) in [7, 11) is 1.38. The van der Waals surface area contributed by atoms with Crippen molar-refractivity contribution >= 4 is 27.4 Å². The van der Waals surface area contributed by atoms with E-state index in [0.29, 0.717) is 0 Å². The zero-order valence-electron chi connectivity index (χ0n) is 5.45. The summed E-state index contributed by atoms with van der Waals surface area (Å²) in [5.74, 6) is 0. The van der Waals surface area contributed by atoms with Gasteiger partial charge in [0.25, 0.3) is 0 Å². The Morgan fingerprint density at radius 2 is 1.90 bits per heavy atom. The summed E-state index contributed by atoms with van der Waals surface area (Å²) in [6.45, 7) is 3.83. The lowest BCUT2D eigenvalue weighted by Crippen LogP contribution is -1.72. The van der Waals surface area contributed by atoms with Crippen LogP contribution in [0.1, 0.15) is 5.56 Å². The molecule has 1 aromatic carbocycles. The zero-order valence-corrected chi connectivity index (χ0v) is 7.16. The van der Waals surface area contributed by atoms with E-state index < -0.39 is 0 Å². The molecule has 0 spiro atoms. The van der Waals surface area contributed by atoms with Crippen LogP contribution in [-0.2, 0) is 0 Å². The first kappa shape index (κ1) is 7.76. The van der Waals surface area contributed by atoms with Gasteiger partial charge in [-0.25, -0.2) is 0 Å². The van der Waals surface area contributed by atoms with Crippen LogP contribution >= 0.6 is 22.5 Å². The smallest absolute Gasteiger partial charge is 0.0180 e. The van der Waals surface area contributed by atoms with Gasteiger partial charge >= 0.3 is 0 Å². The molecule has 0 saturated carbocycles. The molecule has 0 aliphatic carbocycles. The van der Waals surface area contributed by atoms with Crippen LogP contribution in [0.3, 0.4) is 0 Å². The molecule has 0 saturated heterocycles. The van der Waals surface area contributed by atoms with Crippen molar-refractivity contribution in [3.63, 3.8) is 0 Å². The van der Waals surface area contributed by atoms with E-state index in [0.717, 1.165) is 10.5 Å². The summed E-state index contributed by atoms with van der Waals surface area (Å²) in [5, 5.41) is 0. The number of benzene rings is 1. The molecule has 1 rings (SSSR count). The molecule has 0 amide bonds. The Bertz CT molecular complexity index is 216. The van der Waals surface area contributed by atoms with Gasteiger partial charge in [-0.3, -0.25) is 0 Å². The van der Waals surface area contributed by atoms with Crippen molar-refractivity contribution < 1.29 is 0 Å². The SMILES string of the molecule is C=C(SS)c1ccccc1. The second-order valence-corrected chi connectivity index (χ2v) is 3.10. The number of rotatable bonds is 2.